The van der Waals surface area contributed by atoms with Gasteiger partial charge in [-0.25, -0.2) is 0 Å². The predicted molar refractivity (Wildman–Crippen MR) is 129 cm³/mol. The lowest BCUT2D eigenvalue weighted by atomic mass is 9.98. The number of para-hydroxylation sites is 1. The van der Waals surface area contributed by atoms with Crippen LogP contribution in [0, 0.1) is 0 Å². The number of rotatable bonds is 8. The molecule has 1 saturated heterocycles. The van der Waals surface area contributed by atoms with Crippen molar-refractivity contribution < 1.29 is 19.2 Å². The number of hydrogen-bond donors (Lipinski definition) is 2. The summed E-state index contributed by atoms with van der Waals surface area (Å²) in [5.41, 5.74) is 0.949. The molecule has 4 amide bonds. The fraction of sp³-hybridized carbons (Fsp3) is 0.360. The van der Waals surface area contributed by atoms with E-state index in [1.54, 1.807) is 46.2 Å². The van der Waals surface area contributed by atoms with E-state index in [1.165, 1.54) is 0 Å². The second-order valence-electron chi connectivity index (χ2n) is 8.64. The van der Waals surface area contributed by atoms with Crippen molar-refractivity contribution in [3.05, 3.63) is 64.7 Å². The highest BCUT2D eigenvalue weighted by atomic mass is 35.5. The van der Waals surface area contributed by atoms with Crippen molar-refractivity contribution in [3.63, 3.8) is 0 Å². The summed E-state index contributed by atoms with van der Waals surface area (Å²) in [6.45, 7) is 2.88. The summed E-state index contributed by atoms with van der Waals surface area (Å²) >= 11 is 5.82. The van der Waals surface area contributed by atoms with Crippen LogP contribution in [0.25, 0.3) is 0 Å². The first kappa shape index (κ1) is 23.8. The van der Waals surface area contributed by atoms with Crippen LogP contribution in [0.5, 0.6) is 0 Å². The maximum Gasteiger partial charge on any atom is 0.257 e. The van der Waals surface area contributed by atoms with E-state index in [1.807, 2.05) is 19.1 Å². The van der Waals surface area contributed by atoms with Crippen LogP contribution in [-0.4, -0.2) is 53.8 Å². The Morgan fingerprint density at radius 2 is 1.74 bits per heavy atom. The molecule has 4 rings (SSSR count). The average molecular weight is 483 g/mol. The molecular formula is C25H27ClN4O4. The SMILES string of the molecule is CC12CCC(=O)N1c1ccccc1C(=O)N2CCCC(=O)NCCNC(=O)c1ccc(Cl)cc1. The van der Waals surface area contributed by atoms with Crippen LogP contribution in [-0.2, 0) is 9.59 Å². The van der Waals surface area contributed by atoms with E-state index in [0.29, 0.717) is 60.7 Å². The van der Waals surface area contributed by atoms with Crippen LogP contribution in [0.4, 0.5) is 5.69 Å². The molecule has 2 aromatic rings. The number of fused-ring (bicyclic) bond motifs is 3. The minimum Gasteiger partial charge on any atom is -0.354 e. The van der Waals surface area contributed by atoms with Gasteiger partial charge >= 0.3 is 0 Å². The fourth-order valence-electron chi connectivity index (χ4n) is 4.61. The molecule has 2 aliphatic heterocycles. The lowest BCUT2D eigenvalue weighted by Gasteiger charge is -2.48. The Balaban J connectivity index is 1.26. The highest BCUT2D eigenvalue weighted by molar-refractivity contribution is 6.30. The van der Waals surface area contributed by atoms with E-state index < -0.39 is 5.66 Å². The number of nitrogens with zero attached hydrogens (tertiary/aromatic N) is 2. The van der Waals surface area contributed by atoms with Crippen LogP contribution in [0.2, 0.25) is 5.02 Å². The van der Waals surface area contributed by atoms with E-state index in [4.69, 9.17) is 11.6 Å². The van der Waals surface area contributed by atoms with Crippen molar-refractivity contribution in [2.45, 2.75) is 38.3 Å². The Morgan fingerprint density at radius 3 is 2.50 bits per heavy atom. The third kappa shape index (κ3) is 4.63. The molecule has 9 heteroatoms. The largest absolute Gasteiger partial charge is 0.354 e. The van der Waals surface area contributed by atoms with Crippen molar-refractivity contribution >= 4 is 40.9 Å². The van der Waals surface area contributed by atoms with Gasteiger partial charge < -0.3 is 15.5 Å². The van der Waals surface area contributed by atoms with Gasteiger partial charge in [-0.1, -0.05) is 23.7 Å². The van der Waals surface area contributed by atoms with Crippen molar-refractivity contribution in [1.29, 1.82) is 0 Å². The maximum absolute atomic E-state index is 13.2. The Labute approximate surface area is 203 Å². The lowest BCUT2D eigenvalue weighted by Crippen LogP contribution is -2.62. The predicted octanol–water partition coefficient (Wildman–Crippen LogP) is 2.97. The molecule has 2 aromatic carbocycles. The van der Waals surface area contributed by atoms with Gasteiger partial charge in [0, 0.05) is 43.1 Å². The molecule has 1 atom stereocenters. The monoisotopic (exact) mass is 482 g/mol. The first-order valence-electron chi connectivity index (χ1n) is 11.4. The minimum absolute atomic E-state index is 0.00541. The summed E-state index contributed by atoms with van der Waals surface area (Å²) in [7, 11) is 0. The average Bonchev–Trinajstić information content (AvgIpc) is 3.14. The van der Waals surface area contributed by atoms with Gasteiger partial charge in [0.05, 0.1) is 11.3 Å². The zero-order chi connectivity index (χ0) is 24.3. The normalized spacial score (nSPS) is 19.0. The van der Waals surface area contributed by atoms with Crippen LogP contribution in [0.1, 0.15) is 53.3 Å². The standard InChI is InChI=1S/C25H27ClN4O4/c1-25-13-12-22(32)30(25)20-6-3-2-5-19(20)24(34)29(25)16-4-7-21(31)27-14-15-28-23(33)17-8-10-18(26)11-9-17/h2-3,5-6,8-11H,4,7,12-16H2,1H3,(H,27,31)(H,28,33). The second-order valence-corrected chi connectivity index (χ2v) is 9.07. The molecule has 8 nitrogen and oxygen atoms in total. The number of anilines is 1. The molecule has 0 spiro atoms. The number of benzene rings is 2. The van der Waals surface area contributed by atoms with Gasteiger partial charge in [-0.15, -0.1) is 0 Å². The molecule has 0 saturated carbocycles. The van der Waals surface area contributed by atoms with Crippen molar-refractivity contribution in [1.82, 2.24) is 15.5 Å². The van der Waals surface area contributed by atoms with E-state index >= 15 is 0 Å². The summed E-state index contributed by atoms with van der Waals surface area (Å²) in [6, 6.07) is 13.7. The van der Waals surface area contributed by atoms with E-state index in [2.05, 4.69) is 10.6 Å². The van der Waals surface area contributed by atoms with Crippen LogP contribution in [0.15, 0.2) is 48.5 Å². The third-order valence-corrected chi connectivity index (χ3v) is 6.62. The Morgan fingerprint density at radius 1 is 1.03 bits per heavy atom. The highest BCUT2D eigenvalue weighted by Gasteiger charge is 2.52. The zero-order valence-electron chi connectivity index (χ0n) is 19.0. The van der Waals surface area contributed by atoms with E-state index in [-0.39, 0.29) is 30.0 Å². The molecule has 2 N–H and O–H groups in total. The number of carbonyl (C=O) groups is 4. The molecular weight excluding hydrogens is 456 g/mol. The van der Waals surface area contributed by atoms with Crippen LogP contribution in [0.3, 0.4) is 0 Å². The topological polar surface area (TPSA) is 98.8 Å². The first-order chi connectivity index (χ1) is 16.3. The summed E-state index contributed by atoms with van der Waals surface area (Å²) < 4.78 is 0. The number of amides is 4. The van der Waals surface area contributed by atoms with Gasteiger partial charge in [-0.3, -0.25) is 24.1 Å². The number of halogens is 1. The zero-order valence-corrected chi connectivity index (χ0v) is 19.7. The molecule has 0 aliphatic carbocycles. The smallest absolute Gasteiger partial charge is 0.257 e. The van der Waals surface area contributed by atoms with Gasteiger partial charge in [-0.2, -0.15) is 0 Å². The Bertz CT molecular complexity index is 1120. The van der Waals surface area contributed by atoms with E-state index in [9.17, 15) is 19.2 Å². The second kappa shape index (κ2) is 9.85. The Hall–Kier alpha value is -3.39. The number of hydrogen-bond acceptors (Lipinski definition) is 4. The maximum atomic E-state index is 13.2. The van der Waals surface area contributed by atoms with Crippen molar-refractivity contribution in [2.75, 3.05) is 24.5 Å². The molecule has 1 fully saturated rings. The molecule has 2 aliphatic rings. The molecule has 2 heterocycles. The summed E-state index contributed by atoms with van der Waals surface area (Å²) in [6.07, 6.45) is 1.65. The Kier molecular flexibility index (Phi) is 6.88. The number of nitrogens with one attached hydrogen (secondary N) is 2. The number of carbonyl (C=O) groups excluding carboxylic acids is 4. The summed E-state index contributed by atoms with van der Waals surface area (Å²) in [4.78, 5) is 53.6. The highest BCUT2D eigenvalue weighted by Crippen LogP contribution is 2.43. The van der Waals surface area contributed by atoms with Gasteiger partial charge in [-0.05, 0) is 56.2 Å². The van der Waals surface area contributed by atoms with Gasteiger partial charge in [0.15, 0.2) is 0 Å². The van der Waals surface area contributed by atoms with Gasteiger partial charge in [0.2, 0.25) is 11.8 Å². The first-order valence-corrected chi connectivity index (χ1v) is 11.7. The van der Waals surface area contributed by atoms with Gasteiger partial charge in [0.25, 0.3) is 11.8 Å². The van der Waals surface area contributed by atoms with Crippen LogP contribution >= 0.6 is 11.6 Å². The summed E-state index contributed by atoms with van der Waals surface area (Å²) in [5.74, 6) is -0.506. The lowest BCUT2D eigenvalue weighted by molar-refractivity contribution is -0.121. The molecule has 1 unspecified atom stereocenters. The van der Waals surface area contributed by atoms with Crippen molar-refractivity contribution in [2.24, 2.45) is 0 Å². The van der Waals surface area contributed by atoms with Crippen LogP contribution < -0.4 is 15.5 Å². The molecule has 0 bridgehead atoms. The third-order valence-electron chi connectivity index (χ3n) is 6.37. The quantitative estimate of drug-likeness (QED) is 0.565. The molecule has 178 valence electrons. The summed E-state index contributed by atoms with van der Waals surface area (Å²) in [5, 5.41) is 6.08. The van der Waals surface area contributed by atoms with Gasteiger partial charge in [0.1, 0.15) is 5.66 Å². The fourth-order valence-corrected chi connectivity index (χ4v) is 4.73. The minimum atomic E-state index is -0.717. The van der Waals surface area contributed by atoms with E-state index in [0.717, 1.165) is 0 Å². The van der Waals surface area contributed by atoms with Crippen molar-refractivity contribution in [3.8, 4) is 0 Å². The molecule has 0 aromatic heterocycles. The molecule has 0 radical (unpaired) electrons. The molecule has 34 heavy (non-hydrogen) atoms.